The Balaban J connectivity index is 0.710. The number of hydrogen-bond donors (Lipinski definition) is 3. The third-order valence-corrected chi connectivity index (χ3v) is 20.6. The number of β-amino-alcohol motifs (C(OH)–C–C–N with tert-alkyl or cyclic N) is 1. The van der Waals surface area contributed by atoms with Crippen LogP contribution in [-0.2, 0) is 23.2 Å². The van der Waals surface area contributed by atoms with Crippen LogP contribution in [0.5, 0.6) is 11.6 Å². The fraction of sp³-hybridized carbons (Fsp3) is 0.561. The molecule has 10 rings (SSSR count). The van der Waals surface area contributed by atoms with E-state index in [9.17, 15) is 33.0 Å². The van der Waals surface area contributed by atoms with Gasteiger partial charge in [-0.25, -0.2) is 18.2 Å². The Hall–Kier alpha value is -5.85. The topological polar surface area (TPSA) is 237 Å². The number of aromatic hydroxyl groups is 1. The fourth-order valence-corrected chi connectivity index (χ4v) is 16.9. The van der Waals surface area contributed by atoms with Crippen molar-refractivity contribution in [1.29, 1.82) is 0 Å². The highest BCUT2D eigenvalue weighted by molar-refractivity contribution is 8.72. The van der Waals surface area contributed by atoms with E-state index < -0.39 is 37.8 Å². The van der Waals surface area contributed by atoms with Gasteiger partial charge in [0.25, 0.3) is 5.88 Å². The molecule has 80 heavy (non-hydrogen) atoms. The molecule has 430 valence electrons. The Bertz CT molecular complexity index is 3090. The van der Waals surface area contributed by atoms with Gasteiger partial charge in [-0.3, -0.25) is 24.3 Å². The molecule has 3 saturated heterocycles. The summed E-state index contributed by atoms with van der Waals surface area (Å²) in [6.45, 7) is 14.1. The van der Waals surface area contributed by atoms with E-state index in [0.717, 1.165) is 96.5 Å². The van der Waals surface area contributed by atoms with Crippen LogP contribution in [0, 0.1) is 18.8 Å². The molecule has 3 aromatic heterocycles. The molecule has 2 aromatic carbocycles. The van der Waals surface area contributed by atoms with Crippen LogP contribution in [0.2, 0.25) is 0 Å². The molecule has 5 atom stereocenters. The number of rotatable bonds is 18. The van der Waals surface area contributed by atoms with E-state index in [1.165, 1.54) is 11.2 Å². The molecule has 3 amide bonds. The lowest BCUT2D eigenvalue weighted by molar-refractivity contribution is -0.141. The lowest BCUT2D eigenvalue weighted by Gasteiger charge is -2.48. The number of benzene rings is 2. The predicted octanol–water partition coefficient (Wildman–Crippen LogP) is 7.48. The van der Waals surface area contributed by atoms with Gasteiger partial charge in [0.2, 0.25) is 11.8 Å². The number of thiazole rings is 1. The van der Waals surface area contributed by atoms with Crippen molar-refractivity contribution in [1.82, 2.24) is 40.4 Å². The van der Waals surface area contributed by atoms with Gasteiger partial charge in [0.05, 0.1) is 56.9 Å². The number of piperidine rings is 1. The fourth-order valence-electron chi connectivity index (χ4n) is 12.3. The first kappa shape index (κ1) is 57.4. The van der Waals surface area contributed by atoms with Crippen molar-refractivity contribution < 1.29 is 47.0 Å². The summed E-state index contributed by atoms with van der Waals surface area (Å²) in [6, 6.07) is 17.3. The van der Waals surface area contributed by atoms with Crippen LogP contribution >= 0.6 is 22.1 Å². The van der Waals surface area contributed by atoms with Crippen molar-refractivity contribution in [3.63, 3.8) is 0 Å². The van der Waals surface area contributed by atoms with Gasteiger partial charge < -0.3 is 39.3 Å². The number of aliphatic hydroxyl groups excluding tert-OH is 1. The van der Waals surface area contributed by atoms with Gasteiger partial charge in [0.1, 0.15) is 30.9 Å². The highest BCUT2D eigenvalue weighted by Gasteiger charge is 2.45. The molecule has 1 aliphatic carbocycles. The highest BCUT2D eigenvalue weighted by Crippen LogP contribution is 2.44. The summed E-state index contributed by atoms with van der Waals surface area (Å²) in [5, 5.41) is 37.8. The standard InChI is InChI=1S/C57H74N10O10S3/c1-36(2)51(55(71)66-33-43(68)27-47(66)54(70)59-37(3)40-13-15-41(16-14-40)52-38(4)58-35-78-52)49-29-50(62-77-49)75-26-25-63-21-17-39(18-22-63)30-64-23-24-65-42(31-64)32-67(53-46(65)28-45(60-61-53)44-11-7-8-12-48(44)69)56(72)76-34-57(79-80(5,73)74)19-9-6-10-20-57/h7-8,11-16,28-29,35-37,39,42-43,47,51,68-69H,6,9-10,17-27,30-34H2,1-5H3,(H,59,70)/t37-,42+,43+,47-,51+/m0/s1. The monoisotopic (exact) mass is 1150 g/mol. The minimum absolute atomic E-state index is 0.0185. The first-order chi connectivity index (χ1) is 38.4. The maximum Gasteiger partial charge on any atom is 0.415 e. The molecule has 0 unspecified atom stereocenters. The number of hydrogen-bond acceptors (Lipinski definition) is 19. The number of nitrogens with zero attached hydrogens (tertiary/aromatic N) is 9. The van der Waals surface area contributed by atoms with E-state index in [-0.39, 0.29) is 61.0 Å². The maximum absolute atomic E-state index is 14.3. The summed E-state index contributed by atoms with van der Waals surface area (Å²) in [5.74, 6) is -0.0308. The van der Waals surface area contributed by atoms with E-state index in [1.54, 1.807) is 40.5 Å². The number of ether oxygens (including phenoxy) is 2. The number of fused-ring (bicyclic) bond motifs is 3. The quantitative estimate of drug-likeness (QED) is 0.0721. The number of phenols is 1. The van der Waals surface area contributed by atoms with Gasteiger partial charge in [-0.05, 0) is 110 Å². The molecule has 5 aromatic rings. The average Bonchev–Trinajstić information content (AvgIpc) is 4.21. The molecule has 4 aliphatic heterocycles. The van der Waals surface area contributed by atoms with Gasteiger partial charge in [-0.15, -0.1) is 21.5 Å². The first-order valence-corrected chi connectivity index (χ1v) is 32.1. The summed E-state index contributed by atoms with van der Waals surface area (Å²) < 4.78 is 42.3. The molecule has 1 saturated carbocycles. The van der Waals surface area contributed by atoms with Crippen LogP contribution in [0.3, 0.4) is 0 Å². The summed E-state index contributed by atoms with van der Waals surface area (Å²) in [7, 11) is -2.48. The third-order valence-electron chi connectivity index (χ3n) is 16.5. The van der Waals surface area contributed by atoms with Crippen LogP contribution < -0.4 is 19.9 Å². The highest BCUT2D eigenvalue weighted by atomic mass is 33.1. The van der Waals surface area contributed by atoms with Crippen molar-refractivity contribution in [3.8, 4) is 33.3 Å². The predicted molar refractivity (Wildman–Crippen MR) is 307 cm³/mol. The molecule has 20 nitrogen and oxygen atoms in total. The largest absolute Gasteiger partial charge is 0.507 e. The van der Waals surface area contributed by atoms with E-state index in [4.69, 9.17) is 14.0 Å². The normalized spacial score (nSPS) is 21.7. The molecule has 23 heteroatoms. The lowest BCUT2D eigenvalue weighted by atomic mass is 9.89. The number of phenolic OH excluding ortho intramolecular Hbond substituents is 1. The number of carbonyl (C=O) groups excluding carboxylic acids is 3. The van der Waals surface area contributed by atoms with Crippen LogP contribution in [0.25, 0.3) is 21.7 Å². The Morgan fingerprint density at radius 1 is 0.950 bits per heavy atom. The molecule has 3 N–H and O–H groups in total. The Kier molecular flexibility index (Phi) is 17.7. The zero-order valence-corrected chi connectivity index (χ0v) is 48.7. The molecular formula is C57H74N10O10S3. The Morgan fingerprint density at radius 3 is 2.42 bits per heavy atom. The number of piperazine rings is 1. The number of amides is 3. The zero-order chi connectivity index (χ0) is 56.3. The van der Waals surface area contributed by atoms with E-state index >= 15 is 0 Å². The second-order valence-electron chi connectivity index (χ2n) is 22.7. The minimum Gasteiger partial charge on any atom is -0.507 e. The van der Waals surface area contributed by atoms with Crippen LogP contribution in [0.15, 0.2) is 70.7 Å². The smallest absolute Gasteiger partial charge is 0.415 e. The maximum atomic E-state index is 14.3. The van der Waals surface area contributed by atoms with E-state index in [1.807, 2.05) is 69.6 Å². The van der Waals surface area contributed by atoms with Crippen molar-refractivity contribution in [3.05, 3.63) is 83.2 Å². The third kappa shape index (κ3) is 13.2. The second-order valence-corrected chi connectivity index (χ2v) is 28.3. The molecule has 5 aliphatic rings. The van der Waals surface area contributed by atoms with Gasteiger partial charge in [-0.2, -0.15) is 0 Å². The number of aryl methyl sites for hydroxylation is 1. The number of carbonyl (C=O) groups is 3. The minimum atomic E-state index is -3.40. The van der Waals surface area contributed by atoms with E-state index in [2.05, 4.69) is 40.4 Å². The second kappa shape index (κ2) is 24.7. The molecule has 4 fully saturated rings. The molecule has 7 heterocycles. The Labute approximate surface area is 475 Å². The molecule has 0 bridgehead atoms. The molecule has 0 spiro atoms. The molecular weight excluding hydrogens is 1080 g/mol. The van der Waals surface area contributed by atoms with Crippen LogP contribution in [0.1, 0.15) is 101 Å². The van der Waals surface area contributed by atoms with Crippen molar-refractivity contribution in [2.24, 2.45) is 11.8 Å². The van der Waals surface area contributed by atoms with Gasteiger partial charge in [0.15, 0.2) is 20.4 Å². The number of anilines is 2. The van der Waals surface area contributed by atoms with Gasteiger partial charge in [0, 0.05) is 63.6 Å². The lowest BCUT2D eigenvalue weighted by Crippen LogP contribution is -2.61. The van der Waals surface area contributed by atoms with Crippen molar-refractivity contribution in [2.75, 3.05) is 88.2 Å². The summed E-state index contributed by atoms with van der Waals surface area (Å²) >= 11 is 1.58. The summed E-state index contributed by atoms with van der Waals surface area (Å²) in [4.78, 5) is 58.0. The number of nitrogens with one attached hydrogen (secondary N) is 1. The first-order valence-electron chi connectivity index (χ1n) is 28.0. The van der Waals surface area contributed by atoms with Gasteiger partial charge >= 0.3 is 6.09 Å². The SMILES string of the molecule is Cc1ncsc1-c1ccc([C@H](C)NC(=O)[C@@H]2C[C@@H](O)CN2C(=O)[C@@H](c2cc(OCCN3CCC(CN4CCN5c6cc(-c7ccccc7O)nnc6N(C(=O)OCC6(SS(C)(=O)=O)CCCCC6)C[C@H]5C4)CC3)no2)C(C)C)cc1. The number of aliphatic hydroxyl groups is 1. The van der Waals surface area contributed by atoms with Crippen LogP contribution in [0.4, 0.5) is 16.3 Å². The van der Waals surface area contributed by atoms with Crippen molar-refractivity contribution in [2.45, 2.75) is 114 Å². The van der Waals surface area contributed by atoms with Crippen LogP contribution in [-0.4, -0.2) is 173 Å². The number of aromatic nitrogens is 4. The van der Waals surface area contributed by atoms with Crippen molar-refractivity contribution >= 4 is 60.4 Å². The number of likely N-dealkylation sites (tertiary alicyclic amines) is 2. The average molecular weight is 1160 g/mol. The van der Waals surface area contributed by atoms with E-state index in [0.29, 0.717) is 74.4 Å². The zero-order valence-electron chi connectivity index (χ0n) is 46.2. The summed E-state index contributed by atoms with van der Waals surface area (Å²) in [5.41, 5.74) is 6.54. The number of para-hydroxylation sites is 1. The molecule has 0 radical (unpaired) electrons. The Morgan fingerprint density at radius 2 is 1.71 bits per heavy atom. The van der Waals surface area contributed by atoms with Gasteiger partial charge in [-0.1, -0.05) is 69.5 Å². The summed E-state index contributed by atoms with van der Waals surface area (Å²) in [6.07, 6.45) is 5.99.